The van der Waals surface area contributed by atoms with Gasteiger partial charge in [0.25, 0.3) is 0 Å². The fourth-order valence-electron chi connectivity index (χ4n) is 1.98. The molecule has 1 N–H and O–H groups in total. The highest BCUT2D eigenvalue weighted by Gasteiger charge is 2.31. The Balaban J connectivity index is 2.28. The summed E-state index contributed by atoms with van der Waals surface area (Å²) in [5.41, 5.74) is 1.21. The van der Waals surface area contributed by atoms with E-state index in [0.29, 0.717) is 11.8 Å². The van der Waals surface area contributed by atoms with E-state index in [-0.39, 0.29) is 5.69 Å². The van der Waals surface area contributed by atoms with Crippen LogP contribution in [0.4, 0.5) is 0 Å². The number of carbonyl (C=O) groups is 1. The van der Waals surface area contributed by atoms with Gasteiger partial charge in [-0.15, -0.1) is 0 Å². The Hall–Kier alpha value is -1.32. The summed E-state index contributed by atoms with van der Waals surface area (Å²) in [6.45, 7) is 2.18. The number of rotatable bonds is 2. The molecule has 0 bridgehead atoms. The third-order valence-corrected chi connectivity index (χ3v) is 3.12. The molecule has 1 aliphatic carbocycles. The van der Waals surface area contributed by atoms with Gasteiger partial charge in [0, 0.05) is 13.0 Å². The predicted molar refractivity (Wildman–Crippen MR) is 51.3 cm³/mol. The number of aryl methyl sites for hydroxylation is 1. The highest BCUT2D eigenvalue weighted by molar-refractivity contribution is 5.85. The molecule has 0 unspecified atom stereocenters. The van der Waals surface area contributed by atoms with Crippen LogP contribution < -0.4 is 0 Å². The zero-order chi connectivity index (χ0) is 10.3. The molecule has 2 rings (SSSR count). The Kier molecular flexibility index (Phi) is 2.06. The SMILES string of the molecule is C[C@@H]1CC[C@@H]1c1cc(C(=O)O)n(C)n1. The molecular weight excluding hydrogens is 180 g/mol. The summed E-state index contributed by atoms with van der Waals surface area (Å²) in [5.74, 6) is 0.207. The standard InChI is InChI=1S/C10H14N2O2/c1-6-3-4-7(6)8-5-9(10(13)14)12(2)11-8/h5-7H,3-4H2,1-2H3,(H,13,14)/t6-,7+/m1/s1. The predicted octanol–water partition coefficient (Wildman–Crippen LogP) is 1.63. The minimum Gasteiger partial charge on any atom is -0.477 e. The summed E-state index contributed by atoms with van der Waals surface area (Å²) < 4.78 is 1.45. The van der Waals surface area contributed by atoms with Crippen molar-refractivity contribution in [3.8, 4) is 0 Å². The lowest BCUT2D eigenvalue weighted by molar-refractivity contribution is 0.0685. The van der Waals surface area contributed by atoms with E-state index in [1.165, 1.54) is 11.1 Å². The molecule has 4 heteroatoms. The molecule has 2 atom stereocenters. The molecule has 0 saturated heterocycles. The Morgan fingerprint density at radius 3 is 2.71 bits per heavy atom. The largest absolute Gasteiger partial charge is 0.477 e. The summed E-state index contributed by atoms with van der Waals surface area (Å²) in [5, 5.41) is 13.1. The Morgan fingerprint density at radius 1 is 1.64 bits per heavy atom. The van der Waals surface area contributed by atoms with E-state index < -0.39 is 5.97 Å². The van der Waals surface area contributed by atoms with Crippen LogP contribution in [0.3, 0.4) is 0 Å². The topological polar surface area (TPSA) is 55.1 Å². The molecule has 1 aliphatic rings. The van der Waals surface area contributed by atoms with E-state index in [1.54, 1.807) is 13.1 Å². The number of aromatic nitrogens is 2. The van der Waals surface area contributed by atoms with E-state index in [9.17, 15) is 4.79 Å². The Morgan fingerprint density at radius 2 is 2.36 bits per heavy atom. The van der Waals surface area contributed by atoms with Crippen molar-refractivity contribution in [1.82, 2.24) is 9.78 Å². The Bertz CT molecular complexity index is 370. The maximum absolute atomic E-state index is 10.8. The molecule has 1 aromatic heterocycles. The summed E-state index contributed by atoms with van der Waals surface area (Å²) in [7, 11) is 1.68. The van der Waals surface area contributed by atoms with Crippen LogP contribution in [0.5, 0.6) is 0 Å². The summed E-state index contributed by atoms with van der Waals surface area (Å²) in [6.07, 6.45) is 2.36. The highest BCUT2D eigenvalue weighted by atomic mass is 16.4. The fourth-order valence-corrected chi connectivity index (χ4v) is 1.98. The first-order valence-electron chi connectivity index (χ1n) is 4.87. The van der Waals surface area contributed by atoms with E-state index in [4.69, 9.17) is 5.11 Å². The van der Waals surface area contributed by atoms with Crippen molar-refractivity contribution < 1.29 is 9.90 Å². The molecular formula is C10H14N2O2. The smallest absolute Gasteiger partial charge is 0.354 e. The third kappa shape index (κ3) is 1.31. The van der Waals surface area contributed by atoms with E-state index in [1.807, 2.05) is 0 Å². The molecule has 0 radical (unpaired) electrons. The molecule has 0 amide bonds. The van der Waals surface area contributed by atoms with Gasteiger partial charge in [0.1, 0.15) is 5.69 Å². The molecule has 1 fully saturated rings. The van der Waals surface area contributed by atoms with Gasteiger partial charge in [0.05, 0.1) is 5.69 Å². The van der Waals surface area contributed by atoms with Gasteiger partial charge in [-0.2, -0.15) is 5.10 Å². The summed E-state index contributed by atoms with van der Waals surface area (Å²) >= 11 is 0. The monoisotopic (exact) mass is 194 g/mol. The molecule has 0 aliphatic heterocycles. The molecule has 1 saturated carbocycles. The van der Waals surface area contributed by atoms with Gasteiger partial charge in [-0.25, -0.2) is 4.79 Å². The number of nitrogens with zero attached hydrogens (tertiary/aromatic N) is 2. The fraction of sp³-hybridized carbons (Fsp3) is 0.600. The van der Waals surface area contributed by atoms with Crippen molar-refractivity contribution in [3.05, 3.63) is 17.5 Å². The first kappa shape index (κ1) is 9.24. The van der Waals surface area contributed by atoms with Crippen LogP contribution in [-0.2, 0) is 7.05 Å². The zero-order valence-corrected chi connectivity index (χ0v) is 8.40. The first-order chi connectivity index (χ1) is 6.59. The van der Waals surface area contributed by atoms with Crippen LogP contribution in [0.2, 0.25) is 0 Å². The maximum Gasteiger partial charge on any atom is 0.354 e. The van der Waals surface area contributed by atoms with Crippen molar-refractivity contribution in [2.75, 3.05) is 0 Å². The molecule has 0 spiro atoms. The average Bonchev–Trinajstić information content (AvgIpc) is 2.44. The van der Waals surface area contributed by atoms with E-state index >= 15 is 0 Å². The minimum atomic E-state index is -0.904. The highest BCUT2D eigenvalue weighted by Crippen LogP contribution is 2.41. The van der Waals surface area contributed by atoms with Gasteiger partial charge >= 0.3 is 5.97 Å². The number of carboxylic acid groups (broad SMARTS) is 1. The van der Waals surface area contributed by atoms with Crippen molar-refractivity contribution >= 4 is 5.97 Å². The summed E-state index contributed by atoms with van der Waals surface area (Å²) in [4.78, 5) is 10.8. The van der Waals surface area contributed by atoms with E-state index in [0.717, 1.165) is 12.1 Å². The first-order valence-corrected chi connectivity index (χ1v) is 4.87. The van der Waals surface area contributed by atoms with Crippen molar-refractivity contribution in [2.45, 2.75) is 25.7 Å². The van der Waals surface area contributed by atoms with Gasteiger partial charge in [0.15, 0.2) is 0 Å². The molecule has 1 heterocycles. The van der Waals surface area contributed by atoms with Crippen LogP contribution in [-0.4, -0.2) is 20.9 Å². The average molecular weight is 194 g/mol. The van der Waals surface area contributed by atoms with Crippen LogP contribution >= 0.6 is 0 Å². The number of hydrogen-bond donors (Lipinski definition) is 1. The number of aromatic carboxylic acids is 1. The quantitative estimate of drug-likeness (QED) is 0.778. The van der Waals surface area contributed by atoms with Crippen molar-refractivity contribution in [1.29, 1.82) is 0 Å². The lowest BCUT2D eigenvalue weighted by atomic mass is 9.73. The maximum atomic E-state index is 10.8. The third-order valence-electron chi connectivity index (χ3n) is 3.12. The number of carboxylic acids is 1. The minimum absolute atomic E-state index is 0.277. The van der Waals surface area contributed by atoms with Crippen LogP contribution in [0.1, 0.15) is 41.9 Å². The molecule has 76 valence electrons. The van der Waals surface area contributed by atoms with Gasteiger partial charge in [0.2, 0.25) is 0 Å². The van der Waals surface area contributed by atoms with Crippen molar-refractivity contribution in [2.24, 2.45) is 13.0 Å². The molecule has 14 heavy (non-hydrogen) atoms. The normalized spacial score (nSPS) is 25.9. The lowest BCUT2D eigenvalue weighted by Gasteiger charge is -2.32. The number of hydrogen-bond acceptors (Lipinski definition) is 2. The van der Waals surface area contributed by atoms with Gasteiger partial charge in [-0.1, -0.05) is 6.92 Å². The second-order valence-electron chi connectivity index (χ2n) is 4.04. The van der Waals surface area contributed by atoms with Gasteiger partial charge in [-0.05, 0) is 24.8 Å². The Labute approximate surface area is 82.5 Å². The second kappa shape index (κ2) is 3.12. The van der Waals surface area contributed by atoms with Gasteiger partial charge < -0.3 is 5.11 Å². The lowest BCUT2D eigenvalue weighted by Crippen LogP contribution is -2.21. The van der Waals surface area contributed by atoms with Gasteiger partial charge in [-0.3, -0.25) is 4.68 Å². The molecule has 4 nitrogen and oxygen atoms in total. The zero-order valence-electron chi connectivity index (χ0n) is 8.40. The van der Waals surface area contributed by atoms with Crippen molar-refractivity contribution in [3.63, 3.8) is 0 Å². The van der Waals surface area contributed by atoms with E-state index in [2.05, 4.69) is 12.0 Å². The molecule has 1 aromatic rings. The van der Waals surface area contributed by atoms with Crippen LogP contribution in [0.15, 0.2) is 6.07 Å². The molecule has 0 aromatic carbocycles. The van der Waals surface area contributed by atoms with Crippen LogP contribution in [0, 0.1) is 5.92 Å². The van der Waals surface area contributed by atoms with Crippen LogP contribution in [0.25, 0.3) is 0 Å². The summed E-state index contributed by atoms with van der Waals surface area (Å²) in [6, 6.07) is 1.70. The second-order valence-corrected chi connectivity index (χ2v) is 4.04.